The lowest BCUT2D eigenvalue weighted by molar-refractivity contribution is 0.475. The highest BCUT2D eigenvalue weighted by Gasteiger charge is 2.22. The van der Waals surface area contributed by atoms with Crippen molar-refractivity contribution >= 4 is 17.2 Å². The molecule has 1 fully saturated rings. The predicted molar refractivity (Wildman–Crippen MR) is 83.7 cm³/mol. The van der Waals surface area contributed by atoms with Crippen LogP contribution < -0.4 is 4.90 Å². The van der Waals surface area contributed by atoms with Gasteiger partial charge < -0.3 is 10.0 Å². The Morgan fingerprint density at radius 2 is 1.86 bits per heavy atom. The molecule has 106 valence electrons. The summed E-state index contributed by atoms with van der Waals surface area (Å²) in [4.78, 5) is 11.4. The van der Waals surface area contributed by atoms with Gasteiger partial charge in [0.2, 0.25) is 0 Å². The molecule has 2 aliphatic heterocycles. The summed E-state index contributed by atoms with van der Waals surface area (Å²) < 4.78 is 0. The Kier molecular flexibility index (Phi) is 2.88. The monoisotopic (exact) mass is 279 g/mol. The van der Waals surface area contributed by atoms with Gasteiger partial charge in [-0.3, -0.25) is 0 Å². The number of phenols is 1. The molecule has 1 aromatic heterocycles. The van der Waals surface area contributed by atoms with E-state index in [0.29, 0.717) is 0 Å². The Hall–Kier alpha value is -2.36. The number of hydrogen-bond acceptors (Lipinski definition) is 4. The molecule has 4 rings (SSSR count). The van der Waals surface area contributed by atoms with Gasteiger partial charge in [-0.25, -0.2) is 9.98 Å². The van der Waals surface area contributed by atoms with Crippen molar-refractivity contribution in [2.75, 3.05) is 18.0 Å². The standard InChI is InChI=1S/C17H17N3O/c21-13-4-5-15-14(11-13)17(19-15)12-6-7-18-16(10-12)20-8-2-1-3-9-20/h4-7,10-11,21H,1-3,8-9H2. The van der Waals surface area contributed by atoms with Crippen molar-refractivity contribution in [1.82, 2.24) is 4.98 Å². The molecule has 3 heterocycles. The molecule has 1 N–H and O–H groups in total. The van der Waals surface area contributed by atoms with Crippen LogP contribution in [0.2, 0.25) is 0 Å². The third-order valence-electron chi connectivity index (χ3n) is 4.17. The number of phenolic OH excluding ortho intramolecular Hbond substituents is 1. The summed E-state index contributed by atoms with van der Waals surface area (Å²) in [5.74, 6) is 1.31. The zero-order chi connectivity index (χ0) is 14.2. The molecule has 0 radical (unpaired) electrons. The van der Waals surface area contributed by atoms with Crippen LogP contribution in [0.4, 0.5) is 11.5 Å². The number of piperidine rings is 1. The van der Waals surface area contributed by atoms with Crippen molar-refractivity contribution in [2.24, 2.45) is 4.99 Å². The molecule has 1 saturated heterocycles. The van der Waals surface area contributed by atoms with E-state index in [1.54, 1.807) is 12.1 Å². The molecule has 21 heavy (non-hydrogen) atoms. The first kappa shape index (κ1) is 12.4. The average molecular weight is 279 g/mol. The molecule has 4 heteroatoms. The van der Waals surface area contributed by atoms with Gasteiger partial charge in [-0.2, -0.15) is 0 Å². The van der Waals surface area contributed by atoms with Crippen molar-refractivity contribution < 1.29 is 5.11 Å². The van der Waals surface area contributed by atoms with Gasteiger partial charge in [0.1, 0.15) is 11.6 Å². The lowest BCUT2D eigenvalue weighted by atomic mass is 9.96. The Bertz CT molecular complexity index is 718. The molecule has 2 aromatic rings. The fraction of sp³-hybridized carbons (Fsp3) is 0.294. The number of aromatic hydroxyl groups is 1. The van der Waals surface area contributed by atoms with Crippen LogP contribution in [0, 0.1) is 0 Å². The summed E-state index contributed by atoms with van der Waals surface area (Å²) in [7, 11) is 0. The maximum Gasteiger partial charge on any atom is 0.129 e. The number of nitrogens with zero attached hydrogens (tertiary/aromatic N) is 3. The van der Waals surface area contributed by atoms with Crippen LogP contribution in [0.3, 0.4) is 0 Å². The van der Waals surface area contributed by atoms with Gasteiger partial charge in [-0.05, 0) is 49.6 Å². The van der Waals surface area contributed by atoms with Gasteiger partial charge in [0.05, 0.1) is 11.4 Å². The van der Waals surface area contributed by atoms with Crippen molar-refractivity contribution in [3.05, 3.63) is 47.7 Å². The van der Waals surface area contributed by atoms with E-state index in [1.807, 2.05) is 18.3 Å². The van der Waals surface area contributed by atoms with Crippen molar-refractivity contribution in [3.8, 4) is 5.75 Å². The van der Waals surface area contributed by atoms with Crippen molar-refractivity contribution in [1.29, 1.82) is 0 Å². The minimum atomic E-state index is 0.284. The van der Waals surface area contributed by atoms with Gasteiger partial charge in [0, 0.05) is 30.4 Å². The Morgan fingerprint density at radius 1 is 1.00 bits per heavy atom. The average Bonchev–Trinajstić information content (AvgIpc) is 2.52. The number of pyridine rings is 1. The summed E-state index contributed by atoms with van der Waals surface area (Å²) >= 11 is 0. The van der Waals surface area contributed by atoms with Crippen LogP contribution in [-0.2, 0) is 0 Å². The summed E-state index contributed by atoms with van der Waals surface area (Å²) in [6, 6.07) is 9.39. The molecule has 0 aliphatic carbocycles. The quantitative estimate of drug-likeness (QED) is 0.783. The molecule has 0 bridgehead atoms. The first-order valence-electron chi connectivity index (χ1n) is 7.45. The summed E-state index contributed by atoms with van der Waals surface area (Å²) in [6.45, 7) is 2.17. The first-order valence-corrected chi connectivity index (χ1v) is 7.45. The lowest BCUT2D eigenvalue weighted by Crippen LogP contribution is -2.30. The molecular weight excluding hydrogens is 262 g/mol. The number of anilines is 1. The summed E-state index contributed by atoms with van der Waals surface area (Å²) in [5, 5.41) is 9.62. The second kappa shape index (κ2) is 4.88. The van der Waals surface area contributed by atoms with Crippen LogP contribution in [0.15, 0.2) is 41.5 Å². The molecule has 0 amide bonds. The van der Waals surface area contributed by atoms with Gasteiger partial charge in [-0.15, -0.1) is 0 Å². The fourth-order valence-electron chi connectivity index (χ4n) is 3.02. The molecule has 1 aromatic carbocycles. The molecule has 0 atom stereocenters. The van der Waals surface area contributed by atoms with Crippen LogP contribution in [0.1, 0.15) is 30.4 Å². The lowest BCUT2D eigenvalue weighted by Gasteiger charge is -2.28. The Morgan fingerprint density at radius 3 is 2.71 bits per heavy atom. The largest absolute Gasteiger partial charge is 0.508 e. The number of fused-ring (bicyclic) bond motifs is 1. The zero-order valence-electron chi connectivity index (χ0n) is 11.8. The first-order chi connectivity index (χ1) is 10.3. The van der Waals surface area contributed by atoms with E-state index in [4.69, 9.17) is 0 Å². The number of rotatable bonds is 2. The van der Waals surface area contributed by atoms with Crippen LogP contribution >= 0.6 is 0 Å². The number of benzene rings is 1. The van der Waals surface area contributed by atoms with E-state index < -0.39 is 0 Å². The third-order valence-corrected chi connectivity index (χ3v) is 4.17. The second-order valence-electron chi connectivity index (χ2n) is 5.61. The van der Waals surface area contributed by atoms with Crippen molar-refractivity contribution in [2.45, 2.75) is 19.3 Å². The number of hydrogen-bond donors (Lipinski definition) is 1. The van der Waals surface area contributed by atoms with Crippen LogP contribution in [0.5, 0.6) is 5.75 Å². The van der Waals surface area contributed by atoms with Crippen LogP contribution in [-0.4, -0.2) is 28.9 Å². The minimum Gasteiger partial charge on any atom is -0.508 e. The molecule has 0 spiro atoms. The fourth-order valence-corrected chi connectivity index (χ4v) is 3.02. The molecule has 2 aliphatic rings. The van der Waals surface area contributed by atoms with Gasteiger partial charge in [0.15, 0.2) is 0 Å². The van der Waals surface area contributed by atoms with E-state index >= 15 is 0 Å². The molecule has 0 saturated carbocycles. The number of aromatic nitrogens is 1. The highest BCUT2D eigenvalue weighted by molar-refractivity contribution is 6.22. The molecule has 0 unspecified atom stereocenters. The third kappa shape index (κ3) is 2.17. The number of aliphatic imine (C=N–C) groups is 1. The zero-order valence-corrected chi connectivity index (χ0v) is 11.8. The van der Waals surface area contributed by atoms with Gasteiger partial charge >= 0.3 is 0 Å². The summed E-state index contributed by atoms with van der Waals surface area (Å²) in [6.07, 6.45) is 5.64. The van der Waals surface area contributed by atoms with E-state index in [2.05, 4.69) is 20.9 Å². The Balaban J connectivity index is 1.65. The Labute approximate surface area is 123 Å². The molecular formula is C17H17N3O. The highest BCUT2D eigenvalue weighted by atomic mass is 16.3. The van der Waals surface area contributed by atoms with Crippen LogP contribution in [0.25, 0.3) is 0 Å². The SMILES string of the molecule is Oc1ccc2c(c1)C(c1ccnc(N3CCCCC3)c1)=N2. The second-order valence-corrected chi connectivity index (χ2v) is 5.61. The highest BCUT2D eigenvalue weighted by Crippen LogP contribution is 2.35. The van der Waals surface area contributed by atoms with E-state index in [1.165, 1.54) is 19.3 Å². The van der Waals surface area contributed by atoms with E-state index in [0.717, 1.165) is 41.4 Å². The molecule has 4 nitrogen and oxygen atoms in total. The smallest absolute Gasteiger partial charge is 0.129 e. The predicted octanol–water partition coefficient (Wildman–Crippen LogP) is 3.26. The van der Waals surface area contributed by atoms with Gasteiger partial charge in [0.25, 0.3) is 0 Å². The summed E-state index contributed by atoms with van der Waals surface area (Å²) in [5.41, 5.74) is 3.98. The topological polar surface area (TPSA) is 48.7 Å². The van der Waals surface area contributed by atoms with Gasteiger partial charge in [-0.1, -0.05) is 0 Å². The van der Waals surface area contributed by atoms with Crippen molar-refractivity contribution in [3.63, 3.8) is 0 Å². The maximum atomic E-state index is 9.62. The van der Waals surface area contributed by atoms with E-state index in [-0.39, 0.29) is 5.75 Å². The van der Waals surface area contributed by atoms with E-state index in [9.17, 15) is 5.11 Å². The minimum absolute atomic E-state index is 0.284. The maximum absolute atomic E-state index is 9.62. The normalized spacial score (nSPS) is 17.0.